The monoisotopic (exact) mass is 312 g/mol. The first-order valence-electron chi connectivity index (χ1n) is 7.21. The highest BCUT2D eigenvalue weighted by atomic mass is 32.1. The Kier molecular flexibility index (Phi) is 6.68. The summed E-state index contributed by atoms with van der Waals surface area (Å²) >= 11 is 1.20. The number of aromatic carboxylic acids is 1. The molecule has 2 amide bonds. The maximum atomic E-state index is 11.9. The number of unbranched alkanes of at least 4 members (excludes halogenated alkanes) is 2. The van der Waals surface area contributed by atoms with Crippen molar-refractivity contribution in [3.8, 4) is 0 Å². The summed E-state index contributed by atoms with van der Waals surface area (Å²) in [4.78, 5) is 22.8. The van der Waals surface area contributed by atoms with Crippen molar-refractivity contribution in [2.75, 3.05) is 11.9 Å². The zero-order valence-electron chi connectivity index (χ0n) is 12.9. The van der Waals surface area contributed by atoms with Crippen molar-refractivity contribution in [2.45, 2.75) is 46.5 Å². The molecule has 118 valence electrons. The van der Waals surface area contributed by atoms with E-state index >= 15 is 0 Å². The molecular formula is C15H24N2O3S. The van der Waals surface area contributed by atoms with Crippen LogP contribution in [0.5, 0.6) is 0 Å². The predicted molar refractivity (Wildman–Crippen MR) is 86.2 cm³/mol. The quantitative estimate of drug-likeness (QED) is 0.630. The Morgan fingerprint density at radius 3 is 2.67 bits per heavy atom. The molecule has 0 spiro atoms. The molecular weight excluding hydrogens is 288 g/mol. The molecule has 6 heteroatoms. The van der Waals surface area contributed by atoms with Crippen LogP contribution in [0.3, 0.4) is 0 Å². The summed E-state index contributed by atoms with van der Waals surface area (Å²) in [6.07, 6.45) is 4.59. The highest BCUT2D eigenvalue weighted by Gasteiger charge is 2.19. The first kappa shape index (κ1) is 17.5. The second-order valence-electron chi connectivity index (χ2n) is 5.90. The van der Waals surface area contributed by atoms with Crippen molar-refractivity contribution in [3.05, 3.63) is 17.0 Å². The second-order valence-corrected chi connectivity index (χ2v) is 6.81. The minimum Gasteiger partial charge on any atom is -0.478 e. The third-order valence-electron chi connectivity index (χ3n) is 3.31. The predicted octanol–water partition coefficient (Wildman–Crippen LogP) is 4.17. The van der Waals surface area contributed by atoms with Gasteiger partial charge in [0.05, 0.1) is 5.56 Å². The summed E-state index contributed by atoms with van der Waals surface area (Å²) in [5.41, 5.74) is 0.162. The van der Waals surface area contributed by atoms with Crippen molar-refractivity contribution in [1.29, 1.82) is 0 Å². The summed E-state index contributed by atoms with van der Waals surface area (Å²) in [6.45, 7) is 6.98. The molecule has 3 N–H and O–H groups in total. The van der Waals surface area contributed by atoms with Gasteiger partial charge in [-0.15, -0.1) is 11.3 Å². The molecule has 1 rings (SSSR count). The fourth-order valence-corrected chi connectivity index (χ4v) is 2.76. The fourth-order valence-electron chi connectivity index (χ4n) is 1.98. The van der Waals surface area contributed by atoms with Gasteiger partial charge in [-0.1, -0.05) is 40.0 Å². The fraction of sp³-hybridized carbons (Fsp3) is 0.600. The van der Waals surface area contributed by atoms with E-state index in [-0.39, 0.29) is 17.0 Å². The molecule has 1 heterocycles. The Morgan fingerprint density at radius 2 is 2.05 bits per heavy atom. The van der Waals surface area contributed by atoms with Crippen molar-refractivity contribution < 1.29 is 14.7 Å². The van der Waals surface area contributed by atoms with E-state index in [2.05, 4.69) is 31.4 Å². The average Bonchev–Trinajstić information content (AvgIpc) is 2.85. The number of carboxylic acid groups (broad SMARTS) is 1. The van der Waals surface area contributed by atoms with E-state index in [1.807, 2.05) is 0 Å². The summed E-state index contributed by atoms with van der Waals surface area (Å²) < 4.78 is 0. The Morgan fingerprint density at radius 1 is 1.33 bits per heavy atom. The van der Waals surface area contributed by atoms with E-state index in [0.29, 0.717) is 11.5 Å². The van der Waals surface area contributed by atoms with Gasteiger partial charge >= 0.3 is 12.0 Å². The topological polar surface area (TPSA) is 78.4 Å². The van der Waals surface area contributed by atoms with E-state index in [4.69, 9.17) is 5.11 Å². The molecule has 1 aromatic rings. The van der Waals surface area contributed by atoms with Crippen LogP contribution in [0.25, 0.3) is 0 Å². The number of carboxylic acids is 1. The molecule has 0 aromatic carbocycles. The number of carbonyl (C=O) groups excluding carboxylic acids is 1. The van der Waals surface area contributed by atoms with Gasteiger partial charge in [-0.3, -0.25) is 5.32 Å². The minimum absolute atomic E-state index is 0.0393. The normalized spacial score (nSPS) is 11.2. The zero-order chi connectivity index (χ0) is 15.9. The van der Waals surface area contributed by atoms with Crippen molar-refractivity contribution in [2.24, 2.45) is 5.41 Å². The molecule has 1 aromatic heterocycles. The Hall–Kier alpha value is -1.56. The molecule has 0 aliphatic carbocycles. The van der Waals surface area contributed by atoms with Gasteiger partial charge in [0.15, 0.2) is 0 Å². The average molecular weight is 312 g/mol. The van der Waals surface area contributed by atoms with Crippen LogP contribution in [-0.2, 0) is 0 Å². The number of amides is 2. The van der Waals surface area contributed by atoms with Crippen molar-refractivity contribution >= 4 is 28.3 Å². The van der Waals surface area contributed by atoms with Crippen LogP contribution in [0.4, 0.5) is 9.80 Å². The SMILES string of the molecule is CCCCCC(C)(C)CNC(=O)Nc1sccc1C(=O)O. The maximum absolute atomic E-state index is 11.9. The highest BCUT2D eigenvalue weighted by molar-refractivity contribution is 7.14. The molecule has 0 saturated heterocycles. The number of nitrogens with one attached hydrogen (secondary N) is 2. The lowest BCUT2D eigenvalue weighted by Gasteiger charge is -2.25. The van der Waals surface area contributed by atoms with Gasteiger partial charge in [0.1, 0.15) is 5.00 Å². The summed E-state index contributed by atoms with van der Waals surface area (Å²) in [7, 11) is 0. The van der Waals surface area contributed by atoms with E-state index in [1.165, 1.54) is 30.2 Å². The summed E-state index contributed by atoms with van der Waals surface area (Å²) in [6, 6.07) is 1.13. The lowest BCUT2D eigenvalue weighted by atomic mass is 9.87. The van der Waals surface area contributed by atoms with Crippen LogP contribution in [-0.4, -0.2) is 23.7 Å². The molecule has 0 saturated carbocycles. The largest absolute Gasteiger partial charge is 0.478 e. The van der Waals surface area contributed by atoms with Gasteiger partial charge in [0.2, 0.25) is 0 Å². The Labute approximate surface area is 129 Å². The van der Waals surface area contributed by atoms with Crippen LogP contribution in [0.2, 0.25) is 0 Å². The maximum Gasteiger partial charge on any atom is 0.338 e. The molecule has 0 radical (unpaired) electrons. The number of urea groups is 1. The van der Waals surface area contributed by atoms with E-state index in [9.17, 15) is 9.59 Å². The number of anilines is 1. The van der Waals surface area contributed by atoms with Gasteiger partial charge in [-0.25, -0.2) is 9.59 Å². The van der Waals surface area contributed by atoms with Gasteiger partial charge in [0, 0.05) is 6.54 Å². The molecule has 0 aliphatic rings. The van der Waals surface area contributed by atoms with E-state index < -0.39 is 5.97 Å². The lowest BCUT2D eigenvalue weighted by Crippen LogP contribution is -2.36. The van der Waals surface area contributed by atoms with Crippen LogP contribution in [0.1, 0.15) is 56.8 Å². The number of carbonyl (C=O) groups is 2. The summed E-state index contributed by atoms with van der Waals surface area (Å²) in [5.74, 6) is -1.04. The lowest BCUT2D eigenvalue weighted by molar-refractivity contribution is 0.0698. The molecule has 0 atom stereocenters. The summed E-state index contributed by atoms with van der Waals surface area (Å²) in [5, 5.41) is 16.4. The first-order valence-corrected chi connectivity index (χ1v) is 8.09. The van der Waals surface area contributed by atoms with Crippen molar-refractivity contribution in [3.63, 3.8) is 0 Å². The van der Waals surface area contributed by atoms with E-state index in [0.717, 1.165) is 12.8 Å². The second kappa shape index (κ2) is 8.02. The van der Waals surface area contributed by atoms with Gasteiger partial charge in [0.25, 0.3) is 0 Å². The molecule has 0 unspecified atom stereocenters. The number of thiophene rings is 1. The number of hydrogen-bond acceptors (Lipinski definition) is 3. The van der Waals surface area contributed by atoms with Gasteiger partial charge < -0.3 is 10.4 Å². The standard InChI is InChI=1S/C15H24N2O3S/c1-4-5-6-8-15(2,3)10-16-14(20)17-12-11(13(18)19)7-9-21-12/h7,9H,4-6,8,10H2,1-3H3,(H,18,19)(H2,16,17,20). The van der Waals surface area contributed by atoms with Crippen LogP contribution in [0.15, 0.2) is 11.4 Å². The molecule has 0 aliphatic heterocycles. The van der Waals surface area contributed by atoms with Crippen LogP contribution < -0.4 is 10.6 Å². The van der Waals surface area contributed by atoms with Crippen molar-refractivity contribution in [1.82, 2.24) is 5.32 Å². The molecule has 5 nitrogen and oxygen atoms in total. The van der Waals surface area contributed by atoms with Gasteiger partial charge in [-0.2, -0.15) is 0 Å². The third-order valence-corrected chi connectivity index (χ3v) is 4.14. The Balaban J connectivity index is 2.43. The minimum atomic E-state index is -1.04. The zero-order valence-corrected chi connectivity index (χ0v) is 13.7. The Bertz CT molecular complexity index is 483. The molecule has 0 fully saturated rings. The smallest absolute Gasteiger partial charge is 0.338 e. The highest BCUT2D eigenvalue weighted by Crippen LogP contribution is 2.24. The number of rotatable bonds is 8. The first-order chi connectivity index (χ1) is 9.85. The van der Waals surface area contributed by atoms with Gasteiger partial charge in [-0.05, 0) is 23.3 Å². The molecule has 0 bridgehead atoms. The number of hydrogen-bond donors (Lipinski definition) is 3. The molecule has 21 heavy (non-hydrogen) atoms. The van der Waals surface area contributed by atoms with Crippen LogP contribution >= 0.6 is 11.3 Å². The van der Waals surface area contributed by atoms with E-state index in [1.54, 1.807) is 5.38 Å². The van der Waals surface area contributed by atoms with Crippen LogP contribution in [0, 0.1) is 5.41 Å². The third kappa shape index (κ3) is 6.16.